The molecule has 0 aliphatic heterocycles. The van der Waals surface area contributed by atoms with E-state index in [4.69, 9.17) is 5.73 Å². The van der Waals surface area contributed by atoms with Crippen LogP contribution in [0.4, 0.5) is 10.1 Å². The molecular weight excluding hydrogens is 307 g/mol. The van der Waals surface area contributed by atoms with Gasteiger partial charge in [0.15, 0.2) is 0 Å². The van der Waals surface area contributed by atoms with Gasteiger partial charge >= 0.3 is 0 Å². The molecule has 2 aromatic rings. The molecule has 0 saturated heterocycles. The monoisotopic (exact) mass is 322 g/mol. The van der Waals surface area contributed by atoms with Gasteiger partial charge in [-0.25, -0.2) is 4.39 Å². The first-order valence-corrected chi connectivity index (χ1v) is 6.81. The van der Waals surface area contributed by atoms with Gasteiger partial charge in [0.1, 0.15) is 5.82 Å². The van der Waals surface area contributed by atoms with Crippen molar-refractivity contribution in [3.05, 3.63) is 63.9 Å². The third-order valence-electron chi connectivity index (χ3n) is 2.85. The second-order valence-electron chi connectivity index (χ2n) is 4.66. The molecule has 4 heteroatoms. The third-order valence-corrected chi connectivity index (χ3v) is 3.58. The molecule has 0 aromatic heterocycles. The van der Waals surface area contributed by atoms with Crippen molar-refractivity contribution in [1.29, 1.82) is 0 Å². The van der Waals surface area contributed by atoms with E-state index in [0.717, 1.165) is 27.8 Å². The summed E-state index contributed by atoms with van der Waals surface area (Å²) in [6, 6.07) is 12.6. The Kier molecular flexibility index (Phi) is 4.56. The summed E-state index contributed by atoms with van der Waals surface area (Å²) in [6.45, 7) is 1.47. The predicted octanol–water partition coefficient (Wildman–Crippen LogP) is 3.80. The lowest BCUT2D eigenvalue weighted by Gasteiger charge is -2.17. The highest BCUT2D eigenvalue weighted by Gasteiger charge is 2.04. The molecule has 0 atom stereocenters. The summed E-state index contributed by atoms with van der Waals surface area (Å²) in [7, 11) is 2.00. The van der Waals surface area contributed by atoms with Crippen molar-refractivity contribution in [3.63, 3.8) is 0 Å². The lowest BCUT2D eigenvalue weighted by Crippen LogP contribution is -2.17. The van der Waals surface area contributed by atoms with Crippen molar-refractivity contribution in [2.45, 2.75) is 13.1 Å². The smallest absolute Gasteiger partial charge is 0.123 e. The second-order valence-corrected chi connectivity index (χ2v) is 5.51. The molecule has 0 unspecified atom stereocenters. The number of halogens is 2. The molecule has 0 aliphatic rings. The van der Waals surface area contributed by atoms with E-state index < -0.39 is 0 Å². The average Bonchev–Trinajstić information content (AvgIpc) is 2.34. The minimum Gasteiger partial charge on any atom is -0.398 e. The fraction of sp³-hybridized carbons (Fsp3) is 0.200. The van der Waals surface area contributed by atoms with Crippen LogP contribution in [0.25, 0.3) is 0 Å². The maximum absolute atomic E-state index is 13.1. The molecule has 100 valence electrons. The molecule has 0 radical (unpaired) electrons. The Hall–Kier alpha value is -1.39. The number of hydrogen-bond donors (Lipinski definition) is 1. The van der Waals surface area contributed by atoms with E-state index in [9.17, 15) is 4.39 Å². The lowest BCUT2D eigenvalue weighted by atomic mass is 10.1. The minimum atomic E-state index is -0.196. The number of benzene rings is 2. The molecular formula is C15H16BrFN2. The van der Waals surface area contributed by atoms with Gasteiger partial charge in [0.05, 0.1) is 0 Å². The summed E-state index contributed by atoms with van der Waals surface area (Å²) in [5.74, 6) is -0.196. The Bertz CT molecular complexity index is 572. The number of nitrogen functional groups attached to an aromatic ring is 1. The molecule has 0 bridgehead atoms. The standard InChI is InChI=1S/C15H16BrFN2/c1-19(9-11-3-2-4-13(17)7-11)10-12-5-6-14(16)15(18)8-12/h2-8H,9-10,18H2,1H3. The van der Waals surface area contributed by atoms with E-state index in [2.05, 4.69) is 20.8 Å². The fourth-order valence-corrected chi connectivity index (χ4v) is 2.25. The SMILES string of the molecule is CN(Cc1cccc(F)c1)Cc1ccc(Br)c(N)c1. The molecule has 0 heterocycles. The summed E-state index contributed by atoms with van der Waals surface area (Å²) < 4.78 is 14.0. The molecule has 2 nitrogen and oxygen atoms in total. The van der Waals surface area contributed by atoms with Crippen LogP contribution in [0, 0.1) is 5.82 Å². The van der Waals surface area contributed by atoms with Crippen LogP contribution in [0.2, 0.25) is 0 Å². The van der Waals surface area contributed by atoms with Crippen LogP contribution < -0.4 is 5.73 Å². The van der Waals surface area contributed by atoms with Crippen LogP contribution >= 0.6 is 15.9 Å². The van der Waals surface area contributed by atoms with E-state index in [1.54, 1.807) is 12.1 Å². The molecule has 2 N–H and O–H groups in total. The van der Waals surface area contributed by atoms with Gasteiger partial charge in [-0.2, -0.15) is 0 Å². The maximum Gasteiger partial charge on any atom is 0.123 e. The Morgan fingerprint density at radius 2 is 1.79 bits per heavy atom. The van der Waals surface area contributed by atoms with Crippen molar-refractivity contribution in [2.24, 2.45) is 0 Å². The normalized spacial score (nSPS) is 10.9. The first kappa shape index (κ1) is 14.0. The van der Waals surface area contributed by atoms with Gasteiger partial charge < -0.3 is 5.73 Å². The average molecular weight is 323 g/mol. The number of nitrogens with zero attached hydrogens (tertiary/aromatic N) is 1. The fourth-order valence-electron chi connectivity index (χ4n) is 2.01. The summed E-state index contributed by atoms with van der Waals surface area (Å²) in [6.07, 6.45) is 0. The molecule has 0 fully saturated rings. The minimum absolute atomic E-state index is 0.196. The highest BCUT2D eigenvalue weighted by atomic mass is 79.9. The van der Waals surface area contributed by atoms with Crippen LogP contribution in [0.3, 0.4) is 0 Å². The molecule has 0 saturated carbocycles. The van der Waals surface area contributed by atoms with Gasteiger partial charge in [0.2, 0.25) is 0 Å². The Labute approximate surface area is 121 Å². The molecule has 19 heavy (non-hydrogen) atoms. The largest absolute Gasteiger partial charge is 0.398 e. The zero-order valence-electron chi connectivity index (χ0n) is 10.7. The third kappa shape index (κ3) is 4.04. The maximum atomic E-state index is 13.1. The number of rotatable bonds is 4. The molecule has 2 rings (SSSR count). The van der Waals surface area contributed by atoms with Crippen molar-refractivity contribution in [3.8, 4) is 0 Å². The van der Waals surface area contributed by atoms with Crippen molar-refractivity contribution >= 4 is 21.6 Å². The first-order valence-electron chi connectivity index (χ1n) is 6.01. The van der Waals surface area contributed by atoms with Crippen LogP contribution in [0.15, 0.2) is 46.9 Å². The quantitative estimate of drug-likeness (QED) is 0.867. The van der Waals surface area contributed by atoms with Crippen LogP contribution in [0.5, 0.6) is 0 Å². The Balaban J connectivity index is 2.01. The van der Waals surface area contributed by atoms with Gasteiger partial charge in [-0.15, -0.1) is 0 Å². The van der Waals surface area contributed by atoms with E-state index >= 15 is 0 Å². The molecule has 0 spiro atoms. The van der Waals surface area contributed by atoms with Gasteiger partial charge in [-0.3, -0.25) is 4.90 Å². The molecule has 0 aliphatic carbocycles. The summed E-state index contributed by atoms with van der Waals surface area (Å²) >= 11 is 3.38. The summed E-state index contributed by atoms with van der Waals surface area (Å²) in [4.78, 5) is 2.12. The predicted molar refractivity (Wildman–Crippen MR) is 80.1 cm³/mol. The van der Waals surface area contributed by atoms with E-state index in [1.165, 1.54) is 6.07 Å². The highest BCUT2D eigenvalue weighted by Crippen LogP contribution is 2.21. The first-order chi connectivity index (χ1) is 9.04. The van der Waals surface area contributed by atoms with E-state index in [-0.39, 0.29) is 5.82 Å². The summed E-state index contributed by atoms with van der Waals surface area (Å²) in [5, 5.41) is 0. The van der Waals surface area contributed by atoms with Crippen LogP contribution in [0.1, 0.15) is 11.1 Å². The second kappa shape index (κ2) is 6.17. The number of hydrogen-bond acceptors (Lipinski definition) is 2. The highest BCUT2D eigenvalue weighted by molar-refractivity contribution is 9.10. The van der Waals surface area contributed by atoms with Crippen molar-refractivity contribution in [1.82, 2.24) is 4.90 Å². The summed E-state index contributed by atoms with van der Waals surface area (Å²) in [5.41, 5.74) is 8.69. The van der Waals surface area contributed by atoms with Crippen molar-refractivity contribution in [2.75, 3.05) is 12.8 Å². The lowest BCUT2D eigenvalue weighted by molar-refractivity contribution is 0.318. The van der Waals surface area contributed by atoms with E-state index in [1.807, 2.05) is 31.3 Å². The number of anilines is 1. The van der Waals surface area contributed by atoms with Gasteiger partial charge in [-0.1, -0.05) is 18.2 Å². The van der Waals surface area contributed by atoms with Crippen LogP contribution in [-0.4, -0.2) is 11.9 Å². The number of nitrogens with two attached hydrogens (primary N) is 1. The van der Waals surface area contributed by atoms with Crippen molar-refractivity contribution < 1.29 is 4.39 Å². The Morgan fingerprint density at radius 3 is 2.42 bits per heavy atom. The van der Waals surface area contributed by atoms with Crippen LogP contribution in [-0.2, 0) is 13.1 Å². The topological polar surface area (TPSA) is 29.3 Å². The zero-order chi connectivity index (χ0) is 13.8. The Morgan fingerprint density at radius 1 is 1.11 bits per heavy atom. The van der Waals surface area contributed by atoms with Gasteiger partial charge in [-0.05, 0) is 58.4 Å². The van der Waals surface area contributed by atoms with E-state index in [0.29, 0.717) is 6.54 Å². The zero-order valence-corrected chi connectivity index (χ0v) is 12.3. The van der Waals surface area contributed by atoms with Gasteiger partial charge in [0, 0.05) is 23.2 Å². The van der Waals surface area contributed by atoms with Gasteiger partial charge in [0.25, 0.3) is 0 Å². The molecule has 2 aromatic carbocycles. The molecule has 0 amide bonds.